The fraction of sp³-hybridized carbons (Fsp3) is 1.00. The molecular weight excluding hydrogens is 156 g/mol. The quantitative estimate of drug-likeness (QED) is 0.572. The van der Waals surface area contributed by atoms with Gasteiger partial charge in [0.15, 0.2) is 0 Å². The van der Waals surface area contributed by atoms with Crippen molar-refractivity contribution in [1.29, 1.82) is 0 Å². The molecule has 0 nitrogen and oxygen atoms in total. The van der Waals surface area contributed by atoms with E-state index in [1.165, 1.54) is 12.8 Å². The molecule has 0 N–H and O–H groups in total. The summed E-state index contributed by atoms with van der Waals surface area (Å²) in [7, 11) is 0. The van der Waals surface area contributed by atoms with Gasteiger partial charge < -0.3 is 0 Å². The fourth-order valence-corrected chi connectivity index (χ4v) is 4.78. The van der Waals surface area contributed by atoms with Crippen molar-refractivity contribution in [2.75, 3.05) is 0 Å². The molecule has 0 aromatic rings. The van der Waals surface area contributed by atoms with E-state index in [1.807, 2.05) is 0 Å². The maximum atomic E-state index is 2.50. The van der Waals surface area contributed by atoms with E-state index < -0.39 is 0 Å². The minimum absolute atomic E-state index is 0.883. The lowest BCUT2D eigenvalue weighted by atomic mass is 9.56. The average Bonchev–Trinajstić information content (AvgIpc) is 2.55. The maximum absolute atomic E-state index is 2.50. The van der Waals surface area contributed by atoms with Gasteiger partial charge in [0.1, 0.15) is 0 Å². The Labute approximate surface area is 82.1 Å². The third kappa shape index (κ3) is 0.980. The van der Waals surface area contributed by atoms with Gasteiger partial charge in [-0.05, 0) is 41.9 Å². The number of hydrogen-bond donors (Lipinski definition) is 0. The first-order valence-corrected chi connectivity index (χ1v) is 6.24. The minimum atomic E-state index is 0.883. The van der Waals surface area contributed by atoms with E-state index in [-0.39, 0.29) is 0 Å². The molecule has 0 bridgehead atoms. The van der Waals surface area contributed by atoms with Crippen LogP contribution < -0.4 is 0 Å². The van der Waals surface area contributed by atoms with Crippen molar-refractivity contribution < 1.29 is 0 Å². The van der Waals surface area contributed by atoms with Crippen LogP contribution in [0.5, 0.6) is 0 Å². The zero-order chi connectivity index (χ0) is 9.05. The molecule has 1 spiro atoms. The van der Waals surface area contributed by atoms with E-state index in [1.54, 1.807) is 25.7 Å². The van der Waals surface area contributed by atoms with Crippen LogP contribution in [0, 0.1) is 29.1 Å². The van der Waals surface area contributed by atoms with Crippen LogP contribution in [-0.4, -0.2) is 0 Å². The van der Waals surface area contributed by atoms with Crippen molar-refractivity contribution >= 4 is 0 Å². The predicted molar refractivity (Wildman–Crippen MR) is 55.4 cm³/mol. The van der Waals surface area contributed by atoms with E-state index in [4.69, 9.17) is 0 Å². The molecule has 4 atom stereocenters. The normalized spacial score (nSPS) is 55.4. The van der Waals surface area contributed by atoms with Crippen LogP contribution >= 0.6 is 0 Å². The van der Waals surface area contributed by atoms with E-state index in [2.05, 4.69) is 13.8 Å². The van der Waals surface area contributed by atoms with E-state index in [9.17, 15) is 0 Å². The van der Waals surface area contributed by atoms with Crippen LogP contribution in [0.3, 0.4) is 0 Å². The highest BCUT2D eigenvalue weighted by Crippen LogP contribution is 2.73. The van der Waals surface area contributed by atoms with Crippen molar-refractivity contribution in [2.45, 2.75) is 52.4 Å². The minimum Gasteiger partial charge on any atom is -0.0622 e. The van der Waals surface area contributed by atoms with Crippen molar-refractivity contribution in [3.63, 3.8) is 0 Å². The predicted octanol–water partition coefficient (Wildman–Crippen LogP) is 3.86. The van der Waals surface area contributed by atoms with Gasteiger partial charge in [0, 0.05) is 0 Å². The molecular formula is C13H22. The first kappa shape index (κ1) is 8.32. The van der Waals surface area contributed by atoms with Crippen LogP contribution in [-0.2, 0) is 0 Å². The van der Waals surface area contributed by atoms with Crippen LogP contribution in [0.25, 0.3) is 0 Å². The molecule has 0 heteroatoms. The van der Waals surface area contributed by atoms with Crippen molar-refractivity contribution in [2.24, 2.45) is 29.1 Å². The SMILES string of the molecule is CC1CC2(CC2C)C1C1CCCC1. The molecule has 0 amide bonds. The van der Waals surface area contributed by atoms with Gasteiger partial charge in [-0.2, -0.15) is 0 Å². The Bertz CT molecular complexity index is 214. The third-order valence-electron chi connectivity index (χ3n) is 5.39. The van der Waals surface area contributed by atoms with Gasteiger partial charge >= 0.3 is 0 Å². The molecule has 13 heavy (non-hydrogen) atoms. The Morgan fingerprint density at radius 1 is 1.00 bits per heavy atom. The molecule has 0 aliphatic heterocycles. The topological polar surface area (TPSA) is 0 Å². The Hall–Kier alpha value is 0. The van der Waals surface area contributed by atoms with E-state index in [0.717, 1.165) is 29.1 Å². The number of rotatable bonds is 1. The van der Waals surface area contributed by atoms with Crippen LogP contribution in [0.4, 0.5) is 0 Å². The molecule has 3 saturated carbocycles. The summed E-state index contributed by atoms with van der Waals surface area (Å²) in [5.41, 5.74) is 0.883. The smallest absolute Gasteiger partial charge is 0.0233 e. The lowest BCUT2D eigenvalue weighted by Crippen LogP contribution is -2.42. The lowest BCUT2D eigenvalue weighted by Gasteiger charge is -2.49. The lowest BCUT2D eigenvalue weighted by molar-refractivity contribution is -0.000825. The highest BCUT2D eigenvalue weighted by atomic mass is 14.7. The van der Waals surface area contributed by atoms with Gasteiger partial charge in [-0.1, -0.05) is 39.5 Å². The second-order valence-corrected chi connectivity index (χ2v) is 6.09. The third-order valence-corrected chi connectivity index (χ3v) is 5.39. The molecule has 74 valence electrons. The zero-order valence-corrected chi connectivity index (χ0v) is 9.05. The summed E-state index contributed by atoms with van der Waals surface area (Å²) in [5.74, 6) is 4.42. The molecule has 0 heterocycles. The molecule has 4 unspecified atom stereocenters. The van der Waals surface area contributed by atoms with Gasteiger partial charge in [-0.15, -0.1) is 0 Å². The average molecular weight is 178 g/mol. The second kappa shape index (κ2) is 2.52. The Kier molecular flexibility index (Phi) is 1.61. The van der Waals surface area contributed by atoms with Crippen molar-refractivity contribution in [3.05, 3.63) is 0 Å². The summed E-state index contributed by atoms with van der Waals surface area (Å²) in [6.07, 6.45) is 9.30. The summed E-state index contributed by atoms with van der Waals surface area (Å²) in [6.45, 7) is 4.98. The standard InChI is InChI=1S/C13H22/c1-9-7-13(8-10(13)2)12(9)11-5-3-4-6-11/h9-12H,3-8H2,1-2H3. The first-order chi connectivity index (χ1) is 6.24. The summed E-state index contributed by atoms with van der Waals surface area (Å²) in [6, 6.07) is 0. The number of hydrogen-bond acceptors (Lipinski definition) is 0. The Morgan fingerprint density at radius 3 is 2.08 bits per heavy atom. The van der Waals surface area contributed by atoms with E-state index >= 15 is 0 Å². The molecule has 3 aliphatic carbocycles. The highest BCUT2D eigenvalue weighted by molar-refractivity contribution is 5.14. The molecule has 3 rings (SSSR count). The van der Waals surface area contributed by atoms with Crippen molar-refractivity contribution in [3.8, 4) is 0 Å². The molecule has 3 fully saturated rings. The van der Waals surface area contributed by atoms with Crippen LogP contribution in [0.15, 0.2) is 0 Å². The first-order valence-electron chi connectivity index (χ1n) is 6.24. The van der Waals surface area contributed by atoms with Crippen LogP contribution in [0.1, 0.15) is 52.4 Å². The van der Waals surface area contributed by atoms with Gasteiger partial charge in [0.05, 0.1) is 0 Å². The molecule has 0 aromatic heterocycles. The molecule has 0 saturated heterocycles. The summed E-state index contributed by atoms with van der Waals surface area (Å²) in [5, 5.41) is 0. The summed E-state index contributed by atoms with van der Waals surface area (Å²) >= 11 is 0. The summed E-state index contributed by atoms with van der Waals surface area (Å²) < 4.78 is 0. The fourth-order valence-electron chi connectivity index (χ4n) is 4.78. The van der Waals surface area contributed by atoms with E-state index in [0.29, 0.717) is 0 Å². The largest absolute Gasteiger partial charge is 0.0622 e. The monoisotopic (exact) mass is 178 g/mol. The Balaban J connectivity index is 1.74. The van der Waals surface area contributed by atoms with Gasteiger partial charge in [0.25, 0.3) is 0 Å². The van der Waals surface area contributed by atoms with Gasteiger partial charge in [-0.3, -0.25) is 0 Å². The molecule has 0 aromatic carbocycles. The summed E-state index contributed by atoms with van der Waals surface area (Å²) in [4.78, 5) is 0. The zero-order valence-electron chi connectivity index (χ0n) is 9.05. The van der Waals surface area contributed by atoms with Gasteiger partial charge in [-0.25, -0.2) is 0 Å². The van der Waals surface area contributed by atoms with Crippen LogP contribution in [0.2, 0.25) is 0 Å². The maximum Gasteiger partial charge on any atom is -0.0233 e. The molecule has 0 radical (unpaired) electrons. The van der Waals surface area contributed by atoms with Gasteiger partial charge in [0.2, 0.25) is 0 Å². The van der Waals surface area contributed by atoms with Crippen molar-refractivity contribution in [1.82, 2.24) is 0 Å². The molecule has 3 aliphatic rings. The second-order valence-electron chi connectivity index (χ2n) is 6.09. The highest BCUT2D eigenvalue weighted by Gasteiger charge is 2.65. The Morgan fingerprint density at radius 2 is 1.62 bits per heavy atom.